The van der Waals surface area contributed by atoms with Gasteiger partial charge in [0.2, 0.25) is 0 Å². The van der Waals surface area contributed by atoms with Gasteiger partial charge in [-0.25, -0.2) is 0 Å². The van der Waals surface area contributed by atoms with E-state index in [4.69, 9.17) is 9.47 Å². The van der Waals surface area contributed by atoms with E-state index >= 15 is 0 Å². The number of esters is 2. The maximum Gasteiger partial charge on any atom is 0.308 e. The fraction of sp³-hybridized carbons (Fsp3) is 0.935. The molecule has 4 heteroatoms. The van der Waals surface area contributed by atoms with E-state index < -0.39 is 0 Å². The third kappa shape index (κ3) is 23.1. The molecule has 0 radical (unpaired) electrons. The number of ether oxygens (including phenoxy) is 2. The summed E-state index contributed by atoms with van der Waals surface area (Å²) in [5.41, 5.74) is 0. The highest BCUT2D eigenvalue weighted by molar-refractivity contribution is 5.72. The molecule has 0 aromatic rings. The SMILES string of the molecule is CC(C)CCCCCOC(=O)CCCCCCCCCC(C)C(C)C(=O)OCCCCCC(C)C. The van der Waals surface area contributed by atoms with E-state index in [-0.39, 0.29) is 17.9 Å². The molecule has 4 nitrogen and oxygen atoms in total. The summed E-state index contributed by atoms with van der Waals surface area (Å²) in [6, 6.07) is 0. The second kappa shape index (κ2) is 23.3. The van der Waals surface area contributed by atoms with Gasteiger partial charge < -0.3 is 9.47 Å². The van der Waals surface area contributed by atoms with Crippen LogP contribution in [0.3, 0.4) is 0 Å². The van der Waals surface area contributed by atoms with Gasteiger partial charge in [-0.2, -0.15) is 0 Å². The molecule has 0 aliphatic carbocycles. The molecule has 0 saturated heterocycles. The number of unbranched alkanes of at least 4 members (excludes halogenated alkanes) is 10. The van der Waals surface area contributed by atoms with Crippen LogP contribution >= 0.6 is 0 Å². The Balaban J connectivity index is 3.52. The van der Waals surface area contributed by atoms with Crippen LogP contribution in [0.2, 0.25) is 0 Å². The van der Waals surface area contributed by atoms with Crippen molar-refractivity contribution >= 4 is 11.9 Å². The van der Waals surface area contributed by atoms with Crippen molar-refractivity contribution in [3.63, 3.8) is 0 Å². The zero-order chi connectivity index (χ0) is 26.3. The molecule has 0 aromatic heterocycles. The largest absolute Gasteiger partial charge is 0.466 e. The standard InChI is InChI=1S/C31H60O4/c1-26(2)20-14-12-18-24-34-30(32)23-17-11-9-7-8-10-16-22-28(5)29(6)31(33)35-25-19-13-15-21-27(3)4/h26-29H,7-25H2,1-6H3. The Morgan fingerprint density at radius 2 is 0.943 bits per heavy atom. The van der Waals surface area contributed by atoms with Crippen molar-refractivity contribution in [2.24, 2.45) is 23.7 Å². The Bertz CT molecular complexity index is 500. The average Bonchev–Trinajstić information content (AvgIpc) is 2.81. The minimum atomic E-state index is -0.0263. The molecule has 0 aromatic carbocycles. The minimum Gasteiger partial charge on any atom is -0.466 e. The number of hydrogen-bond donors (Lipinski definition) is 0. The topological polar surface area (TPSA) is 52.6 Å². The van der Waals surface area contributed by atoms with Gasteiger partial charge in [-0.15, -0.1) is 0 Å². The van der Waals surface area contributed by atoms with Crippen LogP contribution in [0, 0.1) is 23.7 Å². The van der Waals surface area contributed by atoms with Crippen molar-refractivity contribution < 1.29 is 19.1 Å². The smallest absolute Gasteiger partial charge is 0.308 e. The highest BCUT2D eigenvalue weighted by atomic mass is 16.5. The summed E-state index contributed by atoms with van der Waals surface area (Å²) in [6.07, 6.45) is 19.1. The fourth-order valence-electron chi connectivity index (χ4n) is 4.33. The first kappa shape index (κ1) is 33.9. The molecule has 35 heavy (non-hydrogen) atoms. The Labute approximate surface area is 218 Å². The molecule has 2 unspecified atom stereocenters. The summed E-state index contributed by atoms with van der Waals surface area (Å²) >= 11 is 0. The van der Waals surface area contributed by atoms with Crippen molar-refractivity contribution in [3.05, 3.63) is 0 Å². The Hall–Kier alpha value is -1.06. The zero-order valence-corrected chi connectivity index (χ0v) is 24.4. The van der Waals surface area contributed by atoms with E-state index in [1.165, 1.54) is 57.8 Å². The minimum absolute atomic E-state index is 0.00883. The van der Waals surface area contributed by atoms with E-state index in [0.717, 1.165) is 56.8 Å². The summed E-state index contributed by atoms with van der Waals surface area (Å²) < 4.78 is 10.8. The first-order valence-electron chi connectivity index (χ1n) is 15.1. The third-order valence-electron chi connectivity index (χ3n) is 7.12. The van der Waals surface area contributed by atoms with Gasteiger partial charge in [0, 0.05) is 6.42 Å². The lowest BCUT2D eigenvalue weighted by Gasteiger charge is -2.18. The molecule has 0 bridgehead atoms. The van der Waals surface area contributed by atoms with Crippen molar-refractivity contribution in [1.29, 1.82) is 0 Å². The maximum atomic E-state index is 12.3. The van der Waals surface area contributed by atoms with Crippen LogP contribution in [0.4, 0.5) is 0 Å². The highest BCUT2D eigenvalue weighted by Gasteiger charge is 2.21. The van der Waals surface area contributed by atoms with Gasteiger partial charge in [-0.1, -0.05) is 119 Å². The molecule has 2 atom stereocenters. The third-order valence-corrected chi connectivity index (χ3v) is 7.12. The second-order valence-electron chi connectivity index (χ2n) is 11.7. The molecular weight excluding hydrogens is 436 g/mol. The van der Waals surface area contributed by atoms with Crippen LogP contribution in [0.25, 0.3) is 0 Å². The molecule has 0 N–H and O–H groups in total. The van der Waals surface area contributed by atoms with Gasteiger partial charge in [-0.3, -0.25) is 9.59 Å². The summed E-state index contributed by atoms with van der Waals surface area (Å²) in [4.78, 5) is 24.1. The highest BCUT2D eigenvalue weighted by Crippen LogP contribution is 2.21. The first-order valence-corrected chi connectivity index (χ1v) is 15.1. The van der Waals surface area contributed by atoms with Crippen LogP contribution in [-0.2, 0) is 19.1 Å². The van der Waals surface area contributed by atoms with Crippen LogP contribution in [0.15, 0.2) is 0 Å². The number of carbonyl (C=O) groups excluding carboxylic acids is 2. The first-order chi connectivity index (χ1) is 16.7. The predicted molar refractivity (Wildman–Crippen MR) is 148 cm³/mol. The summed E-state index contributed by atoms with van der Waals surface area (Å²) in [5.74, 6) is 1.84. The number of rotatable bonds is 24. The molecule has 0 rings (SSSR count). The Kier molecular flexibility index (Phi) is 22.6. The maximum absolute atomic E-state index is 12.3. The molecule has 0 heterocycles. The van der Waals surface area contributed by atoms with E-state index in [2.05, 4.69) is 34.6 Å². The van der Waals surface area contributed by atoms with Crippen LogP contribution in [0.5, 0.6) is 0 Å². The van der Waals surface area contributed by atoms with Crippen LogP contribution < -0.4 is 0 Å². The zero-order valence-electron chi connectivity index (χ0n) is 24.4. The van der Waals surface area contributed by atoms with E-state index in [9.17, 15) is 9.59 Å². The van der Waals surface area contributed by atoms with Gasteiger partial charge in [-0.05, 0) is 43.4 Å². The average molecular weight is 497 g/mol. The Morgan fingerprint density at radius 1 is 0.514 bits per heavy atom. The molecule has 208 valence electrons. The van der Waals surface area contributed by atoms with E-state index in [1.807, 2.05) is 6.92 Å². The quantitative estimate of drug-likeness (QED) is 0.0986. The van der Waals surface area contributed by atoms with Crippen molar-refractivity contribution in [1.82, 2.24) is 0 Å². The second-order valence-corrected chi connectivity index (χ2v) is 11.7. The van der Waals surface area contributed by atoms with Gasteiger partial charge >= 0.3 is 11.9 Å². The molecule has 0 amide bonds. The van der Waals surface area contributed by atoms with Crippen LogP contribution in [-0.4, -0.2) is 25.2 Å². The van der Waals surface area contributed by atoms with Gasteiger partial charge in [0.25, 0.3) is 0 Å². The molecule has 0 spiro atoms. The predicted octanol–water partition coefficient (Wildman–Crippen LogP) is 9.29. The van der Waals surface area contributed by atoms with Crippen molar-refractivity contribution in [2.75, 3.05) is 13.2 Å². The van der Waals surface area contributed by atoms with Crippen molar-refractivity contribution in [3.8, 4) is 0 Å². The molecular formula is C31H60O4. The van der Waals surface area contributed by atoms with Gasteiger partial charge in [0.1, 0.15) is 0 Å². The monoisotopic (exact) mass is 496 g/mol. The molecule has 0 fully saturated rings. The normalized spacial score (nSPS) is 13.3. The van der Waals surface area contributed by atoms with Gasteiger partial charge in [0.15, 0.2) is 0 Å². The molecule has 0 aliphatic rings. The molecule has 0 saturated carbocycles. The molecule has 0 aliphatic heterocycles. The van der Waals surface area contributed by atoms with Crippen molar-refractivity contribution in [2.45, 2.75) is 151 Å². The fourth-order valence-corrected chi connectivity index (χ4v) is 4.33. The number of carbonyl (C=O) groups is 2. The van der Waals surface area contributed by atoms with Crippen LogP contribution in [0.1, 0.15) is 151 Å². The van der Waals surface area contributed by atoms with E-state index in [0.29, 0.717) is 25.6 Å². The number of hydrogen-bond acceptors (Lipinski definition) is 4. The van der Waals surface area contributed by atoms with Gasteiger partial charge in [0.05, 0.1) is 19.1 Å². The van der Waals surface area contributed by atoms with E-state index in [1.54, 1.807) is 0 Å². The lowest BCUT2D eigenvalue weighted by Crippen LogP contribution is -2.22. The summed E-state index contributed by atoms with van der Waals surface area (Å²) in [6.45, 7) is 14.4. The summed E-state index contributed by atoms with van der Waals surface area (Å²) in [7, 11) is 0. The Morgan fingerprint density at radius 3 is 1.49 bits per heavy atom. The lowest BCUT2D eigenvalue weighted by atomic mass is 9.90. The summed E-state index contributed by atoms with van der Waals surface area (Å²) in [5, 5.41) is 0. The lowest BCUT2D eigenvalue weighted by molar-refractivity contribution is -0.150.